The summed E-state index contributed by atoms with van der Waals surface area (Å²) in [6.07, 6.45) is 0. The molecule has 0 bridgehead atoms. The van der Waals surface area contributed by atoms with E-state index in [1.807, 2.05) is 36.4 Å². The number of hydrogen-bond donors (Lipinski definition) is 0. The maximum Gasteiger partial charge on any atom is 0.347 e. The van der Waals surface area contributed by atoms with E-state index in [0.717, 1.165) is 48.2 Å². The van der Waals surface area contributed by atoms with Crippen LogP contribution in [0.3, 0.4) is 0 Å². The highest BCUT2D eigenvalue weighted by atomic mass is 16.4. The lowest BCUT2D eigenvalue weighted by Crippen LogP contribution is -2.29. The van der Waals surface area contributed by atoms with Crippen molar-refractivity contribution in [1.29, 1.82) is 0 Å². The van der Waals surface area contributed by atoms with Crippen LogP contribution in [0.1, 0.15) is 38.1 Å². The van der Waals surface area contributed by atoms with Crippen molar-refractivity contribution in [2.75, 3.05) is 31.1 Å². The molecule has 2 aromatic carbocycles. The second-order valence-electron chi connectivity index (χ2n) is 9.76. The summed E-state index contributed by atoms with van der Waals surface area (Å²) in [5, 5.41) is 5.05. The molecule has 1 amide bonds. The zero-order chi connectivity index (χ0) is 29.8. The zero-order valence-electron chi connectivity index (χ0n) is 24.1. The van der Waals surface area contributed by atoms with E-state index in [1.54, 1.807) is 36.4 Å². The van der Waals surface area contributed by atoms with Gasteiger partial charge in [-0.25, -0.2) is 9.37 Å². The van der Waals surface area contributed by atoms with Crippen LogP contribution in [-0.2, 0) is 0 Å². The van der Waals surface area contributed by atoms with Crippen LogP contribution in [0.15, 0.2) is 91.5 Å². The van der Waals surface area contributed by atoms with E-state index >= 15 is 0 Å². The van der Waals surface area contributed by atoms with Gasteiger partial charge >= 0.3 is 5.63 Å². The SMILES string of the molecule is CCN(CC)c1ccc2cc(-c3cc(-c4ccccc4C(=O)N=[N+]=[N-])c4ccc(=[N+](CC)CC)cc-4o3)c(=O)oc2c1. The number of carbonyl (C=O) groups is 1. The summed E-state index contributed by atoms with van der Waals surface area (Å²) in [6, 6.07) is 22.1. The van der Waals surface area contributed by atoms with Crippen LogP contribution in [0.4, 0.5) is 5.69 Å². The van der Waals surface area contributed by atoms with Gasteiger partial charge in [0.15, 0.2) is 0 Å². The first-order valence-electron chi connectivity index (χ1n) is 14.1. The monoisotopic (exact) mass is 562 g/mol. The van der Waals surface area contributed by atoms with Crippen molar-refractivity contribution in [2.24, 2.45) is 5.11 Å². The lowest BCUT2D eigenvalue weighted by Gasteiger charge is -2.21. The van der Waals surface area contributed by atoms with Crippen molar-refractivity contribution in [3.05, 3.63) is 105 Å². The summed E-state index contributed by atoms with van der Waals surface area (Å²) in [7, 11) is 0. The molecule has 0 spiro atoms. The number of hydrogen-bond acceptors (Lipinski definition) is 5. The van der Waals surface area contributed by atoms with E-state index in [4.69, 9.17) is 14.4 Å². The number of fused-ring (bicyclic) bond motifs is 2. The smallest absolute Gasteiger partial charge is 0.347 e. The van der Waals surface area contributed by atoms with Crippen molar-refractivity contribution in [3.63, 3.8) is 0 Å². The van der Waals surface area contributed by atoms with Gasteiger partial charge in [0.25, 0.3) is 0 Å². The minimum Gasteiger partial charge on any atom is -0.456 e. The Hall–Kier alpha value is -5.14. The third kappa shape index (κ3) is 5.30. The van der Waals surface area contributed by atoms with E-state index < -0.39 is 11.5 Å². The molecule has 0 N–H and O–H groups in total. The van der Waals surface area contributed by atoms with Crippen LogP contribution >= 0.6 is 0 Å². The van der Waals surface area contributed by atoms with Crippen LogP contribution in [0.25, 0.3) is 55.2 Å². The molecule has 212 valence electrons. The van der Waals surface area contributed by atoms with Gasteiger partial charge in [0.2, 0.25) is 11.3 Å². The molecule has 0 unspecified atom stereocenters. The molecule has 2 heterocycles. The average Bonchev–Trinajstić information content (AvgIpc) is 3.01. The van der Waals surface area contributed by atoms with Crippen molar-refractivity contribution in [2.45, 2.75) is 27.7 Å². The molecule has 0 atom stereocenters. The number of benzene rings is 3. The lowest BCUT2D eigenvalue weighted by molar-refractivity contribution is 0.100. The van der Waals surface area contributed by atoms with Gasteiger partial charge in [-0.15, -0.1) is 0 Å². The van der Waals surface area contributed by atoms with Gasteiger partial charge in [-0.2, -0.15) is 0 Å². The standard InChI is InChI=1S/C33H32N5O4/c1-5-37(6-2)22-14-13-21-17-28(33(40)42-29(21)18-22)31-20-27(24-11-9-10-12-26(24)32(39)35-36-34)25-16-15-23(19-30(25)41-31)38(7-3)8-4/h9-20H,5-8H2,1-4H3/q+1. The van der Waals surface area contributed by atoms with Crippen LogP contribution in [0.5, 0.6) is 0 Å². The lowest BCUT2D eigenvalue weighted by atomic mass is 9.92. The molecule has 1 aromatic heterocycles. The average molecular weight is 563 g/mol. The number of amides is 1. The fourth-order valence-electron chi connectivity index (χ4n) is 5.37. The van der Waals surface area contributed by atoms with Crippen molar-refractivity contribution in [1.82, 2.24) is 4.58 Å². The van der Waals surface area contributed by atoms with E-state index in [2.05, 4.69) is 47.2 Å². The second kappa shape index (κ2) is 12.2. The van der Waals surface area contributed by atoms with Gasteiger partial charge in [-0.1, -0.05) is 24.3 Å². The quantitative estimate of drug-likeness (QED) is 0.0668. The fourth-order valence-corrected chi connectivity index (χ4v) is 5.37. The van der Waals surface area contributed by atoms with E-state index in [0.29, 0.717) is 28.2 Å². The molecule has 42 heavy (non-hydrogen) atoms. The third-order valence-electron chi connectivity index (χ3n) is 7.58. The predicted octanol–water partition coefficient (Wildman–Crippen LogP) is 6.93. The Morgan fingerprint density at radius 3 is 2.29 bits per heavy atom. The molecule has 9 nitrogen and oxygen atoms in total. The molecule has 2 aliphatic rings. The van der Waals surface area contributed by atoms with Crippen molar-refractivity contribution in [3.8, 4) is 33.8 Å². The number of rotatable bonds is 8. The molecule has 1 aliphatic carbocycles. The van der Waals surface area contributed by atoms with Gasteiger partial charge in [0, 0.05) is 52.3 Å². The van der Waals surface area contributed by atoms with Crippen LogP contribution in [0, 0.1) is 0 Å². The van der Waals surface area contributed by atoms with Gasteiger partial charge in [-0.3, -0.25) is 4.79 Å². The topological polar surface area (TPSA) is 115 Å². The summed E-state index contributed by atoms with van der Waals surface area (Å²) < 4.78 is 14.4. The molecule has 0 radical (unpaired) electrons. The van der Waals surface area contributed by atoms with E-state index in [1.165, 1.54) is 0 Å². The Morgan fingerprint density at radius 2 is 1.57 bits per heavy atom. The minimum atomic E-state index is -0.697. The Bertz CT molecular complexity index is 1940. The highest BCUT2D eigenvalue weighted by molar-refractivity contribution is 6.03. The summed E-state index contributed by atoms with van der Waals surface area (Å²) in [6.45, 7) is 11.6. The Labute approximate surface area is 242 Å². The van der Waals surface area contributed by atoms with Crippen LogP contribution in [0.2, 0.25) is 0 Å². The zero-order valence-corrected chi connectivity index (χ0v) is 24.1. The summed E-state index contributed by atoms with van der Waals surface area (Å²) in [4.78, 5) is 31.0. The molecule has 5 rings (SSSR count). The number of anilines is 1. The number of carbonyl (C=O) groups excluding carboxylic acids is 1. The van der Waals surface area contributed by atoms with Gasteiger partial charge < -0.3 is 13.7 Å². The molecule has 1 aliphatic heterocycles. The molecular weight excluding hydrogens is 530 g/mol. The van der Waals surface area contributed by atoms with Crippen molar-refractivity contribution >= 4 is 22.6 Å². The van der Waals surface area contributed by atoms with Crippen molar-refractivity contribution < 1.29 is 13.6 Å². The van der Waals surface area contributed by atoms with Crippen LogP contribution in [-0.4, -0.2) is 32.1 Å². The molecular formula is C33H32N5O4+. The van der Waals surface area contributed by atoms with Gasteiger partial charge in [0.1, 0.15) is 35.8 Å². The molecule has 0 saturated heterocycles. The Morgan fingerprint density at radius 1 is 0.833 bits per heavy atom. The fraction of sp³-hybridized carbons (Fsp3) is 0.242. The van der Waals surface area contributed by atoms with Crippen LogP contribution < -0.4 is 20.5 Å². The highest BCUT2D eigenvalue weighted by Crippen LogP contribution is 2.39. The largest absolute Gasteiger partial charge is 0.456 e. The molecule has 9 heteroatoms. The Balaban J connectivity index is 1.80. The first-order valence-corrected chi connectivity index (χ1v) is 14.1. The van der Waals surface area contributed by atoms with Gasteiger partial charge in [-0.05, 0) is 79.8 Å². The first-order chi connectivity index (χ1) is 20.4. The maximum atomic E-state index is 13.4. The molecule has 3 aromatic rings. The highest BCUT2D eigenvalue weighted by Gasteiger charge is 2.22. The minimum absolute atomic E-state index is 0.246. The second-order valence-corrected chi connectivity index (χ2v) is 9.76. The summed E-state index contributed by atoms with van der Waals surface area (Å²) in [5.74, 6) is 0.135. The predicted molar refractivity (Wildman–Crippen MR) is 166 cm³/mol. The summed E-state index contributed by atoms with van der Waals surface area (Å²) >= 11 is 0. The molecule has 0 saturated carbocycles. The Kier molecular flexibility index (Phi) is 8.22. The normalized spacial score (nSPS) is 11.0. The van der Waals surface area contributed by atoms with E-state index in [-0.39, 0.29) is 11.1 Å². The third-order valence-corrected chi connectivity index (χ3v) is 7.58. The van der Waals surface area contributed by atoms with E-state index in [9.17, 15) is 9.59 Å². The molecule has 0 fully saturated rings. The maximum absolute atomic E-state index is 13.4. The number of azide groups is 1. The number of nitrogens with zero attached hydrogens (tertiary/aromatic N) is 5. The first kappa shape index (κ1) is 28.4. The summed E-state index contributed by atoms with van der Waals surface area (Å²) in [5.41, 5.74) is 12.3. The van der Waals surface area contributed by atoms with Gasteiger partial charge in [0.05, 0.1) is 6.07 Å².